The molecule has 3 rings (SSSR count). The number of ether oxygens (including phenoxy) is 2. The van der Waals surface area contributed by atoms with Crippen molar-refractivity contribution in [2.45, 2.75) is 25.5 Å². The van der Waals surface area contributed by atoms with Crippen LogP contribution in [0.3, 0.4) is 0 Å². The molecule has 2 atom stereocenters. The molecule has 0 bridgehead atoms. The second kappa shape index (κ2) is 6.08. The first kappa shape index (κ1) is 14.4. The van der Waals surface area contributed by atoms with Crippen molar-refractivity contribution in [3.05, 3.63) is 58.1 Å². The molecule has 2 unspecified atom stereocenters. The van der Waals surface area contributed by atoms with Crippen LogP contribution in [0.25, 0.3) is 0 Å². The first-order valence-electron chi connectivity index (χ1n) is 7.06. The van der Waals surface area contributed by atoms with Crippen LogP contribution in [0.4, 0.5) is 0 Å². The maximum absolute atomic E-state index is 6.00. The fourth-order valence-electron chi connectivity index (χ4n) is 2.54. The molecule has 0 aromatic heterocycles. The summed E-state index contributed by atoms with van der Waals surface area (Å²) >= 11 is 3.47. The van der Waals surface area contributed by atoms with Gasteiger partial charge in [0.15, 0.2) is 0 Å². The zero-order valence-electron chi connectivity index (χ0n) is 11.9. The van der Waals surface area contributed by atoms with E-state index in [2.05, 4.69) is 22.0 Å². The summed E-state index contributed by atoms with van der Waals surface area (Å²) in [5.41, 5.74) is 8.25. The van der Waals surface area contributed by atoms with Crippen LogP contribution in [-0.4, -0.2) is 12.7 Å². The monoisotopic (exact) mass is 347 g/mol. The van der Waals surface area contributed by atoms with Crippen LogP contribution in [-0.2, 0) is 6.42 Å². The van der Waals surface area contributed by atoms with Gasteiger partial charge in [-0.25, -0.2) is 0 Å². The molecule has 4 heteroatoms. The molecule has 1 heterocycles. The van der Waals surface area contributed by atoms with E-state index in [9.17, 15) is 0 Å². The molecule has 1 aliphatic rings. The molecule has 1 aliphatic heterocycles. The standard InChI is InChI=1S/C17H18BrNO2/c1-11(19)15-9-13(18)6-7-17(15)20-10-14-8-12-4-2-3-5-16(12)21-14/h2-7,9,11,14H,8,10,19H2,1H3. The molecule has 0 saturated heterocycles. The van der Waals surface area contributed by atoms with Gasteiger partial charge in [0.2, 0.25) is 0 Å². The molecule has 0 amide bonds. The van der Waals surface area contributed by atoms with Crippen LogP contribution in [0.1, 0.15) is 24.1 Å². The largest absolute Gasteiger partial charge is 0.489 e. The Kier molecular flexibility index (Phi) is 4.17. The molecule has 0 fully saturated rings. The highest BCUT2D eigenvalue weighted by molar-refractivity contribution is 9.10. The van der Waals surface area contributed by atoms with Crippen molar-refractivity contribution >= 4 is 15.9 Å². The van der Waals surface area contributed by atoms with Gasteiger partial charge in [-0.15, -0.1) is 0 Å². The zero-order valence-corrected chi connectivity index (χ0v) is 13.5. The number of rotatable bonds is 4. The summed E-state index contributed by atoms with van der Waals surface area (Å²) in [5, 5.41) is 0. The van der Waals surface area contributed by atoms with E-state index in [1.165, 1.54) is 5.56 Å². The predicted octanol–water partition coefficient (Wildman–Crippen LogP) is 3.85. The third kappa shape index (κ3) is 3.22. The Morgan fingerprint density at radius 2 is 2.14 bits per heavy atom. The van der Waals surface area contributed by atoms with Crippen molar-refractivity contribution in [3.8, 4) is 11.5 Å². The third-order valence-electron chi connectivity index (χ3n) is 3.60. The minimum Gasteiger partial charge on any atom is -0.489 e. The molecule has 21 heavy (non-hydrogen) atoms. The van der Waals surface area contributed by atoms with Gasteiger partial charge in [-0.2, -0.15) is 0 Å². The Balaban J connectivity index is 1.67. The van der Waals surface area contributed by atoms with Crippen LogP contribution < -0.4 is 15.2 Å². The minimum absolute atomic E-state index is 0.0620. The fourth-order valence-corrected chi connectivity index (χ4v) is 2.92. The van der Waals surface area contributed by atoms with E-state index < -0.39 is 0 Å². The lowest BCUT2D eigenvalue weighted by molar-refractivity contribution is 0.147. The molecule has 0 radical (unpaired) electrons. The van der Waals surface area contributed by atoms with Crippen LogP contribution in [0.2, 0.25) is 0 Å². The quantitative estimate of drug-likeness (QED) is 0.913. The Labute approximate surface area is 133 Å². The molecule has 110 valence electrons. The number of hydrogen-bond acceptors (Lipinski definition) is 3. The van der Waals surface area contributed by atoms with E-state index in [1.54, 1.807) is 0 Å². The van der Waals surface area contributed by atoms with Crippen molar-refractivity contribution in [1.29, 1.82) is 0 Å². The summed E-state index contributed by atoms with van der Waals surface area (Å²) in [4.78, 5) is 0. The van der Waals surface area contributed by atoms with Crippen molar-refractivity contribution < 1.29 is 9.47 Å². The lowest BCUT2D eigenvalue weighted by Gasteiger charge is -2.17. The van der Waals surface area contributed by atoms with Crippen molar-refractivity contribution in [1.82, 2.24) is 0 Å². The molecule has 2 aromatic carbocycles. The molecule has 3 nitrogen and oxygen atoms in total. The molecular formula is C17H18BrNO2. The second-order valence-corrected chi connectivity index (χ2v) is 6.25. The lowest BCUT2D eigenvalue weighted by Crippen LogP contribution is -2.23. The highest BCUT2D eigenvalue weighted by atomic mass is 79.9. The number of para-hydroxylation sites is 1. The minimum atomic E-state index is -0.0702. The van der Waals surface area contributed by atoms with Crippen LogP contribution >= 0.6 is 15.9 Å². The summed E-state index contributed by atoms with van der Waals surface area (Å²) in [6.45, 7) is 2.48. The molecular weight excluding hydrogens is 330 g/mol. The summed E-state index contributed by atoms with van der Waals surface area (Å²) in [7, 11) is 0. The first-order valence-corrected chi connectivity index (χ1v) is 7.85. The van der Waals surface area contributed by atoms with Gasteiger partial charge in [0.25, 0.3) is 0 Å². The maximum Gasteiger partial charge on any atom is 0.137 e. The number of fused-ring (bicyclic) bond motifs is 1. The summed E-state index contributed by atoms with van der Waals surface area (Å²) in [5.74, 6) is 1.79. The van der Waals surface area contributed by atoms with Crippen molar-refractivity contribution in [3.63, 3.8) is 0 Å². The second-order valence-electron chi connectivity index (χ2n) is 5.33. The van der Waals surface area contributed by atoms with Gasteiger partial charge < -0.3 is 15.2 Å². The van der Waals surface area contributed by atoms with Crippen LogP contribution in [0.5, 0.6) is 11.5 Å². The van der Waals surface area contributed by atoms with E-state index in [4.69, 9.17) is 15.2 Å². The number of benzene rings is 2. The normalized spacial score (nSPS) is 18.0. The van der Waals surface area contributed by atoms with E-state index >= 15 is 0 Å². The summed E-state index contributed by atoms with van der Waals surface area (Å²) in [6, 6.07) is 14.0. The Bertz CT molecular complexity index is 617. The Morgan fingerprint density at radius 3 is 2.90 bits per heavy atom. The summed E-state index contributed by atoms with van der Waals surface area (Å²) in [6.07, 6.45) is 0.951. The van der Waals surface area contributed by atoms with Gasteiger partial charge >= 0.3 is 0 Å². The number of halogens is 1. The fraction of sp³-hybridized carbons (Fsp3) is 0.294. The topological polar surface area (TPSA) is 44.5 Å². The average Bonchev–Trinajstić information content (AvgIpc) is 2.88. The number of hydrogen-bond donors (Lipinski definition) is 1. The van der Waals surface area contributed by atoms with Gasteiger partial charge in [0, 0.05) is 22.5 Å². The summed E-state index contributed by atoms with van der Waals surface area (Å²) < 4.78 is 12.8. The lowest BCUT2D eigenvalue weighted by atomic mass is 10.1. The van der Waals surface area contributed by atoms with Gasteiger partial charge in [0.1, 0.15) is 24.2 Å². The third-order valence-corrected chi connectivity index (χ3v) is 4.09. The molecule has 0 aliphatic carbocycles. The SMILES string of the molecule is CC(N)c1cc(Br)ccc1OCC1Cc2ccccc2O1. The van der Waals surface area contributed by atoms with Crippen LogP contribution in [0, 0.1) is 0 Å². The van der Waals surface area contributed by atoms with Gasteiger partial charge in [-0.3, -0.25) is 0 Å². The molecule has 0 saturated carbocycles. The van der Waals surface area contributed by atoms with E-state index in [0.717, 1.165) is 28.0 Å². The van der Waals surface area contributed by atoms with Crippen molar-refractivity contribution in [2.75, 3.05) is 6.61 Å². The smallest absolute Gasteiger partial charge is 0.137 e. The Morgan fingerprint density at radius 1 is 1.33 bits per heavy atom. The van der Waals surface area contributed by atoms with Crippen molar-refractivity contribution in [2.24, 2.45) is 5.73 Å². The number of nitrogens with two attached hydrogens (primary N) is 1. The predicted molar refractivity (Wildman–Crippen MR) is 86.8 cm³/mol. The van der Waals surface area contributed by atoms with E-state index in [0.29, 0.717) is 6.61 Å². The van der Waals surface area contributed by atoms with E-state index in [-0.39, 0.29) is 12.1 Å². The molecule has 0 spiro atoms. The molecule has 2 aromatic rings. The zero-order chi connectivity index (χ0) is 14.8. The highest BCUT2D eigenvalue weighted by Gasteiger charge is 2.23. The van der Waals surface area contributed by atoms with Gasteiger partial charge in [-0.1, -0.05) is 34.1 Å². The molecule has 2 N–H and O–H groups in total. The van der Waals surface area contributed by atoms with E-state index in [1.807, 2.05) is 43.3 Å². The maximum atomic E-state index is 6.00. The Hall–Kier alpha value is -1.52. The highest BCUT2D eigenvalue weighted by Crippen LogP contribution is 2.30. The van der Waals surface area contributed by atoms with Gasteiger partial charge in [-0.05, 0) is 36.8 Å². The van der Waals surface area contributed by atoms with Crippen LogP contribution in [0.15, 0.2) is 46.9 Å². The average molecular weight is 348 g/mol. The first-order chi connectivity index (χ1) is 10.1. The van der Waals surface area contributed by atoms with Gasteiger partial charge in [0.05, 0.1) is 0 Å².